The maximum atomic E-state index is 12.0. The fourth-order valence-electron chi connectivity index (χ4n) is 2.24. The number of rotatable bonds is 5. The minimum atomic E-state index is -0.740. The van der Waals surface area contributed by atoms with Crippen molar-refractivity contribution in [1.82, 2.24) is 9.78 Å². The Hall–Kier alpha value is -3.55. The van der Waals surface area contributed by atoms with E-state index >= 15 is 0 Å². The molecule has 0 saturated heterocycles. The van der Waals surface area contributed by atoms with Crippen molar-refractivity contribution in [2.75, 3.05) is 5.73 Å². The molecule has 8 heteroatoms. The van der Waals surface area contributed by atoms with Gasteiger partial charge in [0.05, 0.1) is 6.54 Å². The lowest BCUT2D eigenvalue weighted by atomic mass is 10.1. The van der Waals surface area contributed by atoms with Crippen LogP contribution < -0.4 is 11.5 Å². The zero-order valence-electron chi connectivity index (χ0n) is 13.5. The minimum Gasteiger partial charge on any atom is -0.452 e. The lowest BCUT2D eigenvalue weighted by molar-refractivity contribution is 0.0477. The molecule has 4 N–H and O–H groups in total. The molecule has 0 bridgehead atoms. The molecule has 2 heterocycles. The van der Waals surface area contributed by atoms with Gasteiger partial charge in [-0.1, -0.05) is 17.3 Å². The SMILES string of the molecule is Cc1c(N)cccc1/C(N)=N/OC(=O)c1ccc(Cn2cccn2)o1. The summed E-state index contributed by atoms with van der Waals surface area (Å²) in [6.07, 6.45) is 3.45. The minimum absolute atomic E-state index is 0.0306. The zero-order chi connectivity index (χ0) is 17.8. The van der Waals surface area contributed by atoms with E-state index in [4.69, 9.17) is 20.7 Å². The number of amidine groups is 1. The van der Waals surface area contributed by atoms with Crippen LogP contribution in [0.5, 0.6) is 0 Å². The summed E-state index contributed by atoms with van der Waals surface area (Å²) in [6, 6.07) is 10.2. The van der Waals surface area contributed by atoms with Gasteiger partial charge in [0.1, 0.15) is 5.76 Å². The summed E-state index contributed by atoms with van der Waals surface area (Å²) in [7, 11) is 0. The predicted octanol–water partition coefficient (Wildman–Crippen LogP) is 1.89. The third kappa shape index (κ3) is 3.69. The van der Waals surface area contributed by atoms with Crippen molar-refractivity contribution >= 4 is 17.5 Å². The summed E-state index contributed by atoms with van der Waals surface area (Å²) in [5.74, 6) is -0.0834. The number of nitrogens with two attached hydrogens (primary N) is 2. The topological polar surface area (TPSA) is 122 Å². The van der Waals surface area contributed by atoms with Crippen molar-refractivity contribution in [1.29, 1.82) is 0 Å². The van der Waals surface area contributed by atoms with E-state index in [1.807, 2.05) is 6.92 Å². The van der Waals surface area contributed by atoms with Gasteiger partial charge in [0.2, 0.25) is 5.76 Å². The van der Waals surface area contributed by atoms with E-state index in [9.17, 15) is 4.79 Å². The quantitative estimate of drug-likeness (QED) is 0.241. The number of hydrogen-bond donors (Lipinski definition) is 2. The van der Waals surface area contributed by atoms with Crippen molar-refractivity contribution in [2.45, 2.75) is 13.5 Å². The molecule has 0 aliphatic rings. The summed E-state index contributed by atoms with van der Waals surface area (Å²) >= 11 is 0. The number of nitrogen functional groups attached to an aromatic ring is 1. The normalized spacial score (nSPS) is 11.5. The Kier molecular flexibility index (Phi) is 4.51. The summed E-state index contributed by atoms with van der Waals surface area (Å²) in [6.45, 7) is 2.22. The summed E-state index contributed by atoms with van der Waals surface area (Å²) in [5, 5.41) is 7.74. The first-order valence-electron chi connectivity index (χ1n) is 7.51. The van der Waals surface area contributed by atoms with Crippen LogP contribution in [-0.2, 0) is 11.4 Å². The van der Waals surface area contributed by atoms with Crippen molar-refractivity contribution in [3.05, 3.63) is 71.4 Å². The molecule has 0 saturated carbocycles. The average Bonchev–Trinajstić information content (AvgIpc) is 3.27. The Bertz CT molecular complexity index is 912. The number of oxime groups is 1. The molecule has 25 heavy (non-hydrogen) atoms. The van der Waals surface area contributed by atoms with E-state index in [-0.39, 0.29) is 11.6 Å². The number of benzene rings is 1. The van der Waals surface area contributed by atoms with Gasteiger partial charge in [-0.15, -0.1) is 0 Å². The fraction of sp³-hybridized carbons (Fsp3) is 0.118. The van der Waals surface area contributed by atoms with E-state index < -0.39 is 5.97 Å². The van der Waals surface area contributed by atoms with Crippen LogP contribution >= 0.6 is 0 Å². The number of nitrogens with zero attached hydrogens (tertiary/aromatic N) is 3. The van der Waals surface area contributed by atoms with E-state index in [0.29, 0.717) is 23.6 Å². The Labute approximate surface area is 143 Å². The lowest BCUT2D eigenvalue weighted by Gasteiger charge is -2.06. The Morgan fingerprint density at radius 1 is 1.32 bits per heavy atom. The highest BCUT2D eigenvalue weighted by Crippen LogP contribution is 2.16. The maximum Gasteiger partial charge on any atom is 0.400 e. The molecule has 128 valence electrons. The van der Waals surface area contributed by atoms with Crippen LogP contribution in [0.2, 0.25) is 0 Å². The molecule has 0 radical (unpaired) electrons. The Morgan fingerprint density at radius 2 is 2.16 bits per heavy atom. The predicted molar refractivity (Wildman–Crippen MR) is 91.8 cm³/mol. The van der Waals surface area contributed by atoms with Crippen LogP contribution in [0, 0.1) is 6.92 Å². The van der Waals surface area contributed by atoms with Gasteiger partial charge in [0.15, 0.2) is 5.84 Å². The fourth-order valence-corrected chi connectivity index (χ4v) is 2.24. The second-order valence-corrected chi connectivity index (χ2v) is 5.34. The van der Waals surface area contributed by atoms with Crippen LogP contribution in [0.1, 0.15) is 27.4 Å². The molecule has 3 aromatic rings. The lowest BCUT2D eigenvalue weighted by Crippen LogP contribution is -2.17. The molecule has 1 aromatic carbocycles. The monoisotopic (exact) mass is 339 g/mol. The molecule has 0 atom stereocenters. The molecule has 0 spiro atoms. The first-order chi connectivity index (χ1) is 12.0. The molecule has 3 rings (SSSR count). The second kappa shape index (κ2) is 6.91. The number of anilines is 1. The van der Waals surface area contributed by atoms with Gasteiger partial charge in [0, 0.05) is 23.6 Å². The largest absolute Gasteiger partial charge is 0.452 e. The van der Waals surface area contributed by atoms with Crippen LogP contribution in [0.25, 0.3) is 0 Å². The van der Waals surface area contributed by atoms with Crippen LogP contribution in [-0.4, -0.2) is 21.6 Å². The van der Waals surface area contributed by atoms with E-state index in [2.05, 4.69) is 10.3 Å². The van der Waals surface area contributed by atoms with Gasteiger partial charge >= 0.3 is 5.97 Å². The maximum absolute atomic E-state index is 12.0. The van der Waals surface area contributed by atoms with E-state index in [1.165, 1.54) is 6.07 Å². The summed E-state index contributed by atoms with van der Waals surface area (Å²) in [4.78, 5) is 16.9. The molecular weight excluding hydrogens is 322 g/mol. The highest BCUT2D eigenvalue weighted by Gasteiger charge is 2.14. The summed E-state index contributed by atoms with van der Waals surface area (Å²) < 4.78 is 7.11. The molecular formula is C17H17N5O3. The first kappa shape index (κ1) is 16.3. The molecule has 8 nitrogen and oxygen atoms in total. The molecule has 2 aromatic heterocycles. The smallest absolute Gasteiger partial charge is 0.400 e. The van der Waals surface area contributed by atoms with Crippen LogP contribution in [0.15, 0.2) is 58.4 Å². The van der Waals surface area contributed by atoms with E-state index in [0.717, 1.165) is 5.56 Å². The van der Waals surface area contributed by atoms with Crippen molar-refractivity contribution in [2.24, 2.45) is 10.9 Å². The number of carbonyl (C=O) groups excluding carboxylic acids is 1. The third-order valence-corrected chi connectivity index (χ3v) is 3.62. The van der Waals surface area contributed by atoms with Crippen molar-refractivity contribution in [3.63, 3.8) is 0 Å². The van der Waals surface area contributed by atoms with Crippen molar-refractivity contribution in [3.8, 4) is 0 Å². The average molecular weight is 339 g/mol. The second-order valence-electron chi connectivity index (χ2n) is 5.34. The van der Waals surface area contributed by atoms with Crippen LogP contribution in [0.3, 0.4) is 0 Å². The van der Waals surface area contributed by atoms with Gasteiger partial charge in [-0.2, -0.15) is 5.10 Å². The number of furan rings is 1. The Morgan fingerprint density at radius 3 is 2.92 bits per heavy atom. The first-order valence-corrected chi connectivity index (χ1v) is 7.51. The molecule has 0 fully saturated rings. The molecule has 0 unspecified atom stereocenters. The van der Waals surface area contributed by atoms with Gasteiger partial charge in [-0.3, -0.25) is 4.68 Å². The highest BCUT2D eigenvalue weighted by molar-refractivity contribution is 6.00. The zero-order valence-corrected chi connectivity index (χ0v) is 13.5. The molecule has 0 amide bonds. The van der Waals surface area contributed by atoms with Crippen LogP contribution in [0.4, 0.5) is 5.69 Å². The standard InChI is InChI=1S/C17H17N5O3/c1-11-13(4-2-5-14(11)18)16(19)21-25-17(23)15-7-6-12(24-15)10-22-9-3-8-20-22/h2-9H,10,18H2,1H3,(H2,19,21). The van der Waals surface area contributed by atoms with Gasteiger partial charge < -0.3 is 20.7 Å². The molecule has 0 aliphatic carbocycles. The number of carbonyl (C=O) groups is 1. The van der Waals surface area contributed by atoms with E-state index in [1.54, 1.807) is 47.4 Å². The number of aromatic nitrogens is 2. The number of hydrogen-bond acceptors (Lipinski definition) is 6. The summed E-state index contributed by atoms with van der Waals surface area (Å²) in [5.41, 5.74) is 13.6. The van der Waals surface area contributed by atoms with Crippen molar-refractivity contribution < 1.29 is 14.0 Å². The third-order valence-electron chi connectivity index (χ3n) is 3.62. The Balaban J connectivity index is 1.68. The highest BCUT2D eigenvalue weighted by atomic mass is 16.7. The van der Waals surface area contributed by atoms with Gasteiger partial charge in [-0.25, -0.2) is 4.79 Å². The van der Waals surface area contributed by atoms with Gasteiger partial charge in [-0.05, 0) is 36.8 Å². The molecule has 0 aliphatic heterocycles. The van der Waals surface area contributed by atoms with Gasteiger partial charge in [0.25, 0.3) is 0 Å².